The first-order valence-corrected chi connectivity index (χ1v) is 7.64. The van der Waals surface area contributed by atoms with Gasteiger partial charge in [0.05, 0.1) is 12.1 Å². The molecule has 0 saturated heterocycles. The quantitative estimate of drug-likeness (QED) is 0.813. The van der Waals surface area contributed by atoms with Gasteiger partial charge < -0.3 is 16.0 Å². The van der Waals surface area contributed by atoms with Crippen molar-refractivity contribution in [3.05, 3.63) is 34.9 Å². The van der Waals surface area contributed by atoms with Crippen molar-refractivity contribution in [3.8, 4) is 0 Å². The lowest BCUT2D eigenvalue weighted by Gasteiger charge is -2.26. The minimum Gasteiger partial charge on any atom is -0.353 e. The molecule has 1 unspecified atom stereocenters. The van der Waals surface area contributed by atoms with Gasteiger partial charge in [-0.2, -0.15) is 0 Å². The van der Waals surface area contributed by atoms with Crippen LogP contribution in [-0.4, -0.2) is 37.5 Å². The summed E-state index contributed by atoms with van der Waals surface area (Å²) in [5.74, 6) is 0.293. The summed E-state index contributed by atoms with van der Waals surface area (Å²) in [6.07, 6.45) is 0.685. The molecule has 0 aromatic heterocycles. The number of nitrogens with zero attached hydrogens (tertiary/aromatic N) is 1. The van der Waals surface area contributed by atoms with E-state index in [1.807, 2.05) is 43.3 Å². The van der Waals surface area contributed by atoms with Crippen LogP contribution in [0.3, 0.4) is 0 Å². The monoisotopic (exact) mass is 311 g/mol. The van der Waals surface area contributed by atoms with Crippen molar-refractivity contribution in [3.63, 3.8) is 0 Å². The molecule has 0 spiro atoms. The van der Waals surface area contributed by atoms with Gasteiger partial charge in [-0.05, 0) is 38.1 Å². The maximum atomic E-state index is 12.0. The average molecular weight is 312 g/mol. The number of halogens is 1. The predicted molar refractivity (Wildman–Crippen MR) is 88.3 cm³/mol. The van der Waals surface area contributed by atoms with Crippen LogP contribution in [0.2, 0.25) is 5.02 Å². The van der Waals surface area contributed by atoms with E-state index in [2.05, 4.69) is 19.2 Å². The fraction of sp³-hybridized carbons (Fsp3) is 0.562. The molecule has 0 saturated carbocycles. The molecule has 118 valence electrons. The van der Waals surface area contributed by atoms with Crippen LogP contribution in [0.15, 0.2) is 24.3 Å². The molecule has 0 aliphatic carbocycles. The molecule has 21 heavy (non-hydrogen) atoms. The molecular formula is C16H26ClN3O. The van der Waals surface area contributed by atoms with Crippen molar-refractivity contribution in [1.29, 1.82) is 0 Å². The second-order valence-electron chi connectivity index (χ2n) is 5.98. The van der Waals surface area contributed by atoms with Gasteiger partial charge in [-0.25, -0.2) is 0 Å². The summed E-state index contributed by atoms with van der Waals surface area (Å²) in [6.45, 7) is 4.60. The normalized spacial score (nSPS) is 14.3. The lowest BCUT2D eigenvalue weighted by atomic mass is 10.0. The summed E-state index contributed by atoms with van der Waals surface area (Å²) >= 11 is 6.25. The Hall–Kier alpha value is -1.10. The van der Waals surface area contributed by atoms with E-state index >= 15 is 0 Å². The molecule has 0 heterocycles. The standard InChI is InChI=1S/C16H26ClN3O/c1-11(2)9-14(18)16(21)19-10-15(20(3)4)12-7-5-6-8-13(12)17/h5-8,11,14-15H,9-10,18H2,1-4H3,(H,19,21)/t14-,15?/m0/s1. The van der Waals surface area contributed by atoms with E-state index in [1.54, 1.807) is 0 Å². The smallest absolute Gasteiger partial charge is 0.236 e. The van der Waals surface area contributed by atoms with E-state index in [1.165, 1.54) is 0 Å². The van der Waals surface area contributed by atoms with Gasteiger partial charge in [0.15, 0.2) is 0 Å². The predicted octanol–water partition coefficient (Wildman–Crippen LogP) is 2.43. The molecule has 1 amide bonds. The summed E-state index contributed by atoms with van der Waals surface area (Å²) in [5, 5.41) is 3.64. The van der Waals surface area contributed by atoms with Crippen LogP contribution in [0.5, 0.6) is 0 Å². The molecule has 0 fully saturated rings. The third-order valence-corrected chi connectivity index (χ3v) is 3.76. The Morgan fingerprint density at radius 2 is 1.95 bits per heavy atom. The number of likely N-dealkylation sites (N-methyl/N-ethyl adjacent to an activating group) is 1. The molecule has 0 bridgehead atoms. The number of hydrogen-bond donors (Lipinski definition) is 2. The number of nitrogens with one attached hydrogen (secondary N) is 1. The average Bonchev–Trinajstić information content (AvgIpc) is 2.39. The van der Waals surface area contributed by atoms with Gasteiger partial charge in [-0.3, -0.25) is 4.79 Å². The highest BCUT2D eigenvalue weighted by Gasteiger charge is 2.20. The summed E-state index contributed by atoms with van der Waals surface area (Å²) in [5.41, 5.74) is 6.90. The number of carbonyl (C=O) groups excluding carboxylic acids is 1. The van der Waals surface area contributed by atoms with E-state index in [4.69, 9.17) is 17.3 Å². The van der Waals surface area contributed by atoms with E-state index in [0.29, 0.717) is 23.9 Å². The van der Waals surface area contributed by atoms with Gasteiger partial charge in [0, 0.05) is 11.6 Å². The van der Waals surface area contributed by atoms with E-state index in [9.17, 15) is 4.79 Å². The molecular weight excluding hydrogens is 286 g/mol. The van der Waals surface area contributed by atoms with Gasteiger partial charge >= 0.3 is 0 Å². The Kier molecular flexibility index (Phi) is 7.15. The Balaban J connectivity index is 2.69. The Morgan fingerprint density at radius 1 is 1.33 bits per heavy atom. The van der Waals surface area contributed by atoms with E-state index in [0.717, 1.165) is 5.56 Å². The molecule has 0 radical (unpaired) electrons. The van der Waals surface area contributed by atoms with Gasteiger partial charge in [-0.1, -0.05) is 43.6 Å². The molecule has 0 aliphatic heterocycles. The lowest BCUT2D eigenvalue weighted by Crippen LogP contribution is -2.44. The molecule has 1 aromatic rings. The zero-order valence-corrected chi connectivity index (χ0v) is 14.0. The summed E-state index contributed by atoms with van der Waals surface area (Å²) in [4.78, 5) is 14.1. The largest absolute Gasteiger partial charge is 0.353 e. The number of carbonyl (C=O) groups is 1. The molecule has 1 rings (SSSR count). The van der Waals surface area contributed by atoms with Crippen molar-refractivity contribution < 1.29 is 4.79 Å². The van der Waals surface area contributed by atoms with Gasteiger partial charge in [0.1, 0.15) is 0 Å². The Morgan fingerprint density at radius 3 is 2.48 bits per heavy atom. The second kappa shape index (κ2) is 8.37. The fourth-order valence-corrected chi connectivity index (χ4v) is 2.52. The zero-order chi connectivity index (χ0) is 16.0. The first kappa shape index (κ1) is 18.0. The van der Waals surface area contributed by atoms with Gasteiger partial charge in [-0.15, -0.1) is 0 Å². The summed E-state index contributed by atoms with van der Waals surface area (Å²) in [6, 6.07) is 7.25. The maximum absolute atomic E-state index is 12.0. The number of amides is 1. The maximum Gasteiger partial charge on any atom is 0.236 e. The van der Waals surface area contributed by atoms with E-state index in [-0.39, 0.29) is 11.9 Å². The SMILES string of the molecule is CC(C)C[C@H](N)C(=O)NCC(c1ccccc1Cl)N(C)C. The third-order valence-electron chi connectivity index (χ3n) is 3.42. The molecule has 2 atom stereocenters. The molecule has 3 N–H and O–H groups in total. The Bertz CT molecular complexity index is 463. The first-order chi connectivity index (χ1) is 9.82. The first-order valence-electron chi connectivity index (χ1n) is 7.27. The van der Waals surface area contributed by atoms with Crippen molar-refractivity contribution in [2.24, 2.45) is 11.7 Å². The van der Waals surface area contributed by atoms with Crippen molar-refractivity contribution >= 4 is 17.5 Å². The number of nitrogens with two attached hydrogens (primary N) is 1. The van der Waals surface area contributed by atoms with Gasteiger partial charge in [0.2, 0.25) is 5.91 Å². The number of hydrogen-bond acceptors (Lipinski definition) is 3. The number of rotatable bonds is 7. The molecule has 4 nitrogen and oxygen atoms in total. The van der Waals surface area contributed by atoms with Crippen molar-refractivity contribution in [2.75, 3.05) is 20.6 Å². The molecule has 1 aromatic carbocycles. The van der Waals surface area contributed by atoms with Crippen LogP contribution in [0.25, 0.3) is 0 Å². The lowest BCUT2D eigenvalue weighted by molar-refractivity contribution is -0.122. The van der Waals surface area contributed by atoms with Crippen molar-refractivity contribution in [2.45, 2.75) is 32.4 Å². The van der Waals surface area contributed by atoms with Crippen LogP contribution in [0, 0.1) is 5.92 Å². The van der Waals surface area contributed by atoms with Crippen LogP contribution in [-0.2, 0) is 4.79 Å². The van der Waals surface area contributed by atoms with E-state index < -0.39 is 6.04 Å². The fourth-order valence-electron chi connectivity index (χ4n) is 2.26. The highest BCUT2D eigenvalue weighted by atomic mass is 35.5. The van der Waals surface area contributed by atoms with Crippen LogP contribution in [0.1, 0.15) is 31.9 Å². The highest BCUT2D eigenvalue weighted by Crippen LogP contribution is 2.25. The van der Waals surface area contributed by atoms with Crippen LogP contribution in [0.4, 0.5) is 0 Å². The topological polar surface area (TPSA) is 58.4 Å². The third kappa shape index (κ3) is 5.65. The summed E-state index contributed by atoms with van der Waals surface area (Å²) in [7, 11) is 3.93. The Labute approximate surface area is 132 Å². The molecule has 0 aliphatic rings. The minimum atomic E-state index is -0.459. The van der Waals surface area contributed by atoms with Gasteiger partial charge in [0.25, 0.3) is 0 Å². The zero-order valence-electron chi connectivity index (χ0n) is 13.3. The minimum absolute atomic E-state index is 0.0221. The van der Waals surface area contributed by atoms with Crippen LogP contribution < -0.4 is 11.1 Å². The molecule has 5 heteroatoms. The number of benzene rings is 1. The second-order valence-corrected chi connectivity index (χ2v) is 6.39. The van der Waals surface area contributed by atoms with Crippen molar-refractivity contribution in [1.82, 2.24) is 10.2 Å². The summed E-state index contributed by atoms with van der Waals surface area (Å²) < 4.78 is 0. The highest BCUT2D eigenvalue weighted by molar-refractivity contribution is 6.31. The van der Waals surface area contributed by atoms with Crippen LogP contribution >= 0.6 is 11.6 Å².